The number of alkyl halides is 3. The summed E-state index contributed by atoms with van der Waals surface area (Å²) in [5.41, 5.74) is -0.643. The molecule has 19 heavy (non-hydrogen) atoms. The molecule has 0 aliphatic heterocycles. The molecule has 1 aromatic rings. The Kier molecular flexibility index (Phi) is 5.54. The average molecular weight is 273 g/mol. The molecule has 1 aromatic carbocycles. The fraction of sp³-hybridized carbons (Fsp3) is 0.385. The first-order valence-electron chi connectivity index (χ1n) is 5.70. The summed E-state index contributed by atoms with van der Waals surface area (Å²) in [6.45, 7) is 0. The number of rotatable bonds is 5. The van der Waals surface area contributed by atoms with Gasteiger partial charge in [-0.3, -0.25) is 4.79 Å². The second-order valence-electron chi connectivity index (χ2n) is 3.82. The van der Waals surface area contributed by atoms with Crippen molar-refractivity contribution in [2.45, 2.75) is 25.4 Å². The Bertz CT molecular complexity index is 441. The van der Waals surface area contributed by atoms with Crippen LogP contribution in [0, 0.1) is 0 Å². The van der Waals surface area contributed by atoms with Crippen molar-refractivity contribution >= 4 is 17.4 Å². The first-order valence-corrected chi connectivity index (χ1v) is 5.70. The lowest BCUT2D eigenvalue weighted by Crippen LogP contribution is -2.23. The van der Waals surface area contributed by atoms with Crippen LogP contribution in [0.4, 0.5) is 18.9 Å². The van der Waals surface area contributed by atoms with Gasteiger partial charge in [0, 0.05) is 6.42 Å². The van der Waals surface area contributed by atoms with Crippen LogP contribution in [0.15, 0.2) is 35.3 Å². The molecule has 0 aliphatic rings. The quantitative estimate of drug-likeness (QED) is 0.606. The zero-order valence-electron chi connectivity index (χ0n) is 10.4. The molecule has 0 radical (unpaired) electrons. The van der Waals surface area contributed by atoms with E-state index < -0.39 is 17.9 Å². The molecule has 0 aliphatic carbocycles. The van der Waals surface area contributed by atoms with Crippen LogP contribution in [-0.4, -0.2) is 25.0 Å². The van der Waals surface area contributed by atoms with Gasteiger partial charge in [0.1, 0.15) is 5.71 Å². The van der Waals surface area contributed by atoms with Gasteiger partial charge in [0.25, 0.3) is 0 Å². The highest BCUT2D eigenvalue weighted by Gasteiger charge is 2.35. The predicted octanol–water partition coefficient (Wildman–Crippen LogP) is 3.66. The van der Waals surface area contributed by atoms with Crippen LogP contribution in [0.25, 0.3) is 0 Å². The fourth-order valence-electron chi connectivity index (χ4n) is 1.42. The molecule has 0 aromatic heterocycles. The van der Waals surface area contributed by atoms with E-state index >= 15 is 0 Å². The van der Waals surface area contributed by atoms with Crippen LogP contribution in [0.3, 0.4) is 0 Å². The smallest absolute Gasteiger partial charge is 0.429 e. The standard InChI is InChI=1S/C13H14F3NO2/c1-19-12(18)9-5-8-11(13(14,15)16)17-10-6-3-2-4-7-10/h2-4,6-7H,5,8-9H2,1H3. The SMILES string of the molecule is COC(=O)CCCC(=Nc1ccccc1)C(F)(F)F. The Morgan fingerprint density at radius 1 is 1.21 bits per heavy atom. The molecule has 0 bridgehead atoms. The zero-order chi connectivity index (χ0) is 14.3. The molecule has 0 fully saturated rings. The first kappa shape index (κ1) is 15.2. The third-order valence-corrected chi connectivity index (χ3v) is 2.37. The van der Waals surface area contributed by atoms with Crippen molar-refractivity contribution in [1.82, 2.24) is 0 Å². The van der Waals surface area contributed by atoms with Gasteiger partial charge in [-0.15, -0.1) is 0 Å². The van der Waals surface area contributed by atoms with E-state index in [1.165, 1.54) is 19.2 Å². The third-order valence-electron chi connectivity index (χ3n) is 2.37. The summed E-state index contributed by atoms with van der Waals surface area (Å²) in [7, 11) is 1.20. The van der Waals surface area contributed by atoms with Gasteiger partial charge >= 0.3 is 12.1 Å². The van der Waals surface area contributed by atoms with Crippen molar-refractivity contribution < 1.29 is 22.7 Å². The Balaban J connectivity index is 2.74. The highest BCUT2D eigenvalue weighted by molar-refractivity contribution is 5.92. The number of esters is 1. The Morgan fingerprint density at radius 2 is 1.84 bits per heavy atom. The van der Waals surface area contributed by atoms with E-state index in [2.05, 4.69) is 9.73 Å². The molecule has 104 valence electrons. The summed E-state index contributed by atoms with van der Waals surface area (Å²) in [4.78, 5) is 14.5. The number of hydrogen-bond donors (Lipinski definition) is 0. The molecule has 1 rings (SSSR count). The Labute approximate surface area is 109 Å². The molecule has 0 saturated heterocycles. The normalized spacial score (nSPS) is 12.3. The van der Waals surface area contributed by atoms with Gasteiger partial charge in [-0.1, -0.05) is 18.2 Å². The first-order chi connectivity index (χ1) is 8.93. The molecule has 0 heterocycles. The van der Waals surface area contributed by atoms with Gasteiger partial charge < -0.3 is 4.74 Å². The topological polar surface area (TPSA) is 38.7 Å². The van der Waals surface area contributed by atoms with Crippen molar-refractivity contribution in [2.24, 2.45) is 4.99 Å². The maximum absolute atomic E-state index is 12.8. The van der Waals surface area contributed by atoms with Crippen LogP contribution in [0.1, 0.15) is 19.3 Å². The van der Waals surface area contributed by atoms with Crippen LogP contribution in [-0.2, 0) is 9.53 Å². The van der Waals surface area contributed by atoms with E-state index in [0.29, 0.717) is 0 Å². The highest BCUT2D eigenvalue weighted by Crippen LogP contribution is 2.24. The second kappa shape index (κ2) is 6.92. The lowest BCUT2D eigenvalue weighted by Gasteiger charge is -2.10. The molecule has 0 saturated carbocycles. The van der Waals surface area contributed by atoms with Gasteiger partial charge in [0.15, 0.2) is 0 Å². The average Bonchev–Trinajstić information content (AvgIpc) is 2.37. The van der Waals surface area contributed by atoms with Crippen molar-refractivity contribution in [3.05, 3.63) is 30.3 Å². The summed E-state index contributed by atoms with van der Waals surface area (Å²) in [6, 6.07) is 7.91. The molecule has 0 amide bonds. The minimum atomic E-state index is -4.49. The largest absolute Gasteiger partial charge is 0.469 e. The number of carbonyl (C=O) groups is 1. The molecule has 0 N–H and O–H groups in total. The van der Waals surface area contributed by atoms with Crippen molar-refractivity contribution in [1.29, 1.82) is 0 Å². The van der Waals surface area contributed by atoms with Crippen LogP contribution in [0.5, 0.6) is 0 Å². The molecular weight excluding hydrogens is 259 g/mol. The lowest BCUT2D eigenvalue weighted by atomic mass is 10.1. The minimum Gasteiger partial charge on any atom is -0.469 e. The van der Waals surface area contributed by atoms with Crippen LogP contribution < -0.4 is 0 Å². The zero-order valence-corrected chi connectivity index (χ0v) is 10.4. The highest BCUT2D eigenvalue weighted by atomic mass is 19.4. The number of hydrogen-bond acceptors (Lipinski definition) is 3. The lowest BCUT2D eigenvalue weighted by molar-refractivity contribution is -0.140. The van der Waals surface area contributed by atoms with E-state index in [0.717, 1.165) is 0 Å². The second-order valence-corrected chi connectivity index (χ2v) is 3.82. The van der Waals surface area contributed by atoms with Gasteiger partial charge in [-0.05, 0) is 25.0 Å². The molecule has 3 nitrogen and oxygen atoms in total. The van der Waals surface area contributed by atoms with E-state index in [-0.39, 0.29) is 24.9 Å². The van der Waals surface area contributed by atoms with E-state index in [4.69, 9.17) is 0 Å². The number of methoxy groups -OCH3 is 1. The van der Waals surface area contributed by atoms with Gasteiger partial charge in [-0.25, -0.2) is 4.99 Å². The number of para-hydroxylation sites is 1. The summed E-state index contributed by atoms with van der Waals surface area (Å²) in [5.74, 6) is -0.527. The summed E-state index contributed by atoms with van der Waals surface area (Å²) in [5, 5.41) is 0. The number of ether oxygens (including phenoxy) is 1. The van der Waals surface area contributed by atoms with Gasteiger partial charge in [-0.2, -0.15) is 13.2 Å². The van der Waals surface area contributed by atoms with E-state index in [1.54, 1.807) is 18.2 Å². The predicted molar refractivity (Wildman–Crippen MR) is 65.5 cm³/mol. The van der Waals surface area contributed by atoms with Crippen molar-refractivity contribution in [2.75, 3.05) is 7.11 Å². The maximum Gasteiger partial charge on any atom is 0.429 e. The number of benzene rings is 1. The minimum absolute atomic E-state index is 0.0534. The number of halogens is 3. The number of carbonyl (C=O) groups excluding carboxylic acids is 1. The molecular formula is C13H14F3NO2. The summed E-state index contributed by atoms with van der Waals surface area (Å²) < 4.78 is 42.7. The van der Waals surface area contributed by atoms with Crippen LogP contribution in [0.2, 0.25) is 0 Å². The molecule has 0 spiro atoms. The van der Waals surface area contributed by atoms with E-state index in [1.807, 2.05) is 0 Å². The third kappa shape index (κ3) is 5.54. The Morgan fingerprint density at radius 3 is 2.37 bits per heavy atom. The number of aliphatic imine (C=N–C) groups is 1. The summed E-state index contributed by atoms with van der Waals surface area (Å²) >= 11 is 0. The maximum atomic E-state index is 12.8. The van der Waals surface area contributed by atoms with Gasteiger partial charge in [0.05, 0.1) is 12.8 Å². The molecule has 0 atom stereocenters. The van der Waals surface area contributed by atoms with Crippen molar-refractivity contribution in [3.63, 3.8) is 0 Å². The number of nitrogens with zero attached hydrogens (tertiary/aromatic N) is 1. The van der Waals surface area contributed by atoms with E-state index in [9.17, 15) is 18.0 Å². The summed E-state index contributed by atoms with van der Waals surface area (Å²) in [6.07, 6.45) is -4.81. The monoisotopic (exact) mass is 273 g/mol. The van der Waals surface area contributed by atoms with Crippen molar-refractivity contribution in [3.8, 4) is 0 Å². The Hall–Kier alpha value is -1.85. The fourth-order valence-corrected chi connectivity index (χ4v) is 1.42. The molecule has 0 unspecified atom stereocenters. The van der Waals surface area contributed by atoms with Crippen LogP contribution >= 0.6 is 0 Å². The van der Waals surface area contributed by atoms with Gasteiger partial charge in [0.2, 0.25) is 0 Å². The molecule has 6 heteroatoms.